The fourth-order valence-electron chi connectivity index (χ4n) is 1.40. The highest BCUT2D eigenvalue weighted by Crippen LogP contribution is 2.29. The summed E-state index contributed by atoms with van der Waals surface area (Å²) in [6, 6.07) is 4.26. The van der Waals surface area contributed by atoms with Crippen molar-refractivity contribution in [2.75, 3.05) is 19.8 Å². The van der Waals surface area contributed by atoms with E-state index in [1.807, 2.05) is 0 Å². The summed E-state index contributed by atoms with van der Waals surface area (Å²) in [5.41, 5.74) is 0.184. The summed E-state index contributed by atoms with van der Waals surface area (Å²) in [4.78, 5) is 2.61. The molecule has 0 atom stereocenters. The van der Waals surface area contributed by atoms with E-state index in [-0.39, 0.29) is 5.41 Å². The highest BCUT2D eigenvalue weighted by molar-refractivity contribution is 7.12. The summed E-state index contributed by atoms with van der Waals surface area (Å²) in [6.45, 7) is 7.77. The number of rotatable bonds is 7. The Balaban J connectivity index is 2.18. The van der Waals surface area contributed by atoms with Crippen molar-refractivity contribution in [3.63, 3.8) is 0 Å². The standard InChI is InChI=1S/C13H21F2NOS/c1-13(2,3)11-5-4-10(18-11)8-16-6-7-17-9-12(14)15/h4-5,12,16H,6-9H2,1-3H3. The zero-order chi connectivity index (χ0) is 13.6. The molecule has 1 heterocycles. The molecular formula is C13H21F2NOS. The normalized spacial score (nSPS) is 12.3. The molecule has 0 unspecified atom stereocenters. The van der Waals surface area contributed by atoms with Gasteiger partial charge in [-0.05, 0) is 17.5 Å². The molecule has 2 nitrogen and oxygen atoms in total. The fraction of sp³-hybridized carbons (Fsp3) is 0.692. The Bertz CT molecular complexity index is 347. The third-order valence-corrected chi connectivity index (χ3v) is 3.88. The summed E-state index contributed by atoms with van der Waals surface area (Å²) >= 11 is 1.79. The summed E-state index contributed by atoms with van der Waals surface area (Å²) < 4.78 is 28.3. The highest BCUT2D eigenvalue weighted by Gasteiger charge is 2.15. The first kappa shape index (κ1) is 15.5. The van der Waals surface area contributed by atoms with Gasteiger partial charge in [0.2, 0.25) is 0 Å². The second kappa shape index (κ2) is 7.16. The van der Waals surface area contributed by atoms with Crippen LogP contribution in [-0.4, -0.2) is 26.2 Å². The molecule has 5 heteroatoms. The van der Waals surface area contributed by atoms with Gasteiger partial charge in [-0.3, -0.25) is 0 Å². The van der Waals surface area contributed by atoms with E-state index < -0.39 is 13.0 Å². The van der Waals surface area contributed by atoms with Crippen LogP contribution in [-0.2, 0) is 16.7 Å². The second-order valence-electron chi connectivity index (χ2n) is 5.16. The maximum absolute atomic E-state index is 11.8. The molecule has 0 aliphatic rings. The number of ether oxygens (including phenoxy) is 1. The maximum atomic E-state index is 11.8. The monoisotopic (exact) mass is 277 g/mol. The van der Waals surface area contributed by atoms with Crippen molar-refractivity contribution in [3.05, 3.63) is 21.9 Å². The molecule has 0 amide bonds. The Morgan fingerprint density at radius 2 is 2.06 bits per heavy atom. The van der Waals surface area contributed by atoms with Gasteiger partial charge in [-0.15, -0.1) is 11.3 Å². The molecule has 0 saturated heterocycles. The smallest absolute Gasteiger partial charge is 0.261 e. The Morgan fingerprint density at radius 3 is 2.61 bits per heavy atom. The Morgan fingerprint density at radius 1 is 1.33 bits per heavy atom. The van der Waals surface area contributed by atoms with Crippen molar-refractivity contribution < 1.29 is 13.5 Å². The van der Waals surface area contributed by atoms with Crippen LogP contribution in [0, 0.1) is 0 Å². The van der Waals surface area contributed by atoms with Gasteiger partial charge in [0.1, 0.15) is 6.61 Å². The molecule has 104 valence electrons. The number of halogens is 2. The minimum absolute atomic E-state index is 0.184. The van der Waals surface area contributed by atoms with E-state index in [1.54, 1.807) is 11.3 Å². The predicted octanol–water partition coefficient (Wildman–Crippen LogP) is 3.42. The average molecular weight is 277 g/mol. The molecule has 0 spiro atoms. The van der Waals surface area contributed by atoms with Gasteiger partial charge in [-0.1, -0.05) is 20.8 Å². The van der Waals surface area contributed by atoms with Crippen molar-refractivity contribution in [2.45, 2.75) is 39.2 Å². The molecule has 0 bridgehead atoms. The Labute approximate surface area is 111 Å². The van der Waals surface area contributed by atoms with Crippen molar-refractivity contribution in [1.82, 2.24) is 5.32 Å². The molecule has 0 aromatic carbocycles. The number of thiophene rings is 1. The van der Waals surface area contributed by atoms with Crippen molar-refractivity contribution in [2.24, 2.45) is 0 Å². The molecule has 0 fully saturated rings. The van der Waals surface area contributed by atoms with Crippen molar-refractivity contribution >= 4 is 11.3 Å². The molecule has 0 radical (unpaired) electrons. The van der Waals surface area contributed by atoms with E-state index in [0.29, 0.717) is 13.2 Å². The molecule has 18 heavy (non-hydrogen) atoms. The minimum Gasteiger partial charge on any atom is -0.374 e. The van der Waals surface area contributed by atoms with Gasteiger partial charge in [0.05, 0.1) is 6.61 Å². The lowest BCUT2D eigenvalue weighted by molar-refractivity contribution is 0.0187. The van der Waals surface area contributed by atoms with Gasteiger partial charge in [-0.2, -0.15) is 0 Å². The first-order valence-corrected chi connectivity index (χ1v) is 6.87. The fourth-order valence-corrected chi connectivity index (χ4v) is 2.44. The van der Waals surface area contributed by atoms with E-state index in [9.17, 15) is 8.78 Å². The van der Waals surface area contributed by atoms with Gasteiger partial charge < -0.3 is 10.1 Å². The summed E-state index contributed by atoms with van der Waals surface area (Å²) in [7, 11) is 0. The third kappa shape index (κ3) is 5.89. The van der Waals surface area contributed by atoms with Crippen molar-refractivity contribution in [1.29, 1.82) is 0 Å². The van der Waals surface area contributed by atoms with Gasteiger partial charge in [-0.25, -0.2) is 8.78 Å². The van der Waals surface area contributed by atoms with E-state index in [1.165, 1.54) is 9.75 Å². The SMILES string of the molecule is CC(C)(C)c1ccc(CNCCOCC(F)F)s1. The van der Waals surface area contributed by atoms with E-state index in [0.717, 1.165) is 6.54 Å². The second-order valence-corrected chi connectivity index (χ2v) is 6.33. The molecule has 1 rings (SSSR count). The third-order valence-electron chi connectivity index (χ3n) is 2.37. The van der Waals surface area contributed by atoms with Crippen LogP contribution in [0.3, 0.4) is 0 Å². The van der Waals surface area contributed by atoms with Gasteiger partial charge >= 0.3 is 0 Å². The van der Waals surface area contributed by atoms with Crippen LogP contribution in [0.15, 0.2) is 12.1 Å². The number of hydrogen-bond acceptors (Lipinski definition) is 3. The molecule has 0 saturated carbocycles. The molecule has 0 aliphatic carbocycles. The number of nitrogens with one attached hydrogen (secondary N) is 1. The van der Waals surface area contributed by atoms with Crippen LogP contribution in [0.2, 0.25) is 0 Å². The number of alkyl halides is 2. The van der Waals surface area contributed by atoms with Crippen LogP contribution in [0.25, 0.3) is 0 Å². The van der Waals surface area contributed by atoms with Crippen molar-refractivity contribution in [3.8, 4) is 0 Å². The van der Waals surface area contributed by atoms with Gasteiger partial charge in [0.25, 0.3) is 6.43 Å². The van der Waals surface area contributed by atoms with Crippen LogP contribution in [0.4, 0.5) is 8.78 Å². The first-order chi connectivity index (χ1) is 8.39. The minimum atomic E-state index is -2.38. The zero-order valence-electron chi connectivity index (χ0n) is 11.1. The topological polar surface area (TPSA) is 21.3 Å². The molecule has 1 aromatic heterocycles. The first-order valence-electron chi connectivity index (χ1n) is 6.05. The quantitative estimate of drug-likeness (QED) is 0.771. The summed E-state index contributed by atoms with van der Waals surface area (Å²) in [5.74, 6) is 0. The lowest BCUT2D eigenvalue weighted by Gasteiger charge is -2.15. The van der Waals surface area contributed by atoms with Crippen LogP contribution >= 0.6 is 11.3 Å². The average Bonchev–Trinajstić information content (AvgIpc) is 2.71. The Hall–Kier alpha value is -0.520. The zero-order valence-corrected chi connectivity index (χ0v) is 11.9. The van der Waals surface area contributed by atoms with E-state index >= 15 is 0 Å². The molecule has 1 N–H and O–H groups in total. The predicted molar refractivity (Wildman–Crippen MR) is 71.5 cm³/mol. The van der Waals surface area contributed by atoms with Gasteiger partial charge in [0, 0.05) is 22.8 Å². The number of hydrogen-bond donors (Lipinski definition) is 1. The summed E-state index contributed by atoms with van der Waals surface area (Å²) in [5, 5.41) is 3.18. The lowest BCUT2D eigenvalue weighted by Crippen LogP contribution is -2.20. The molecular weight excluding hydrogens is 256 g/mol. The molecule has 1 aromatic rings. The maximum Gasteiger partial charge on any atom is 0.261 e. The van der Waals surface area contributed by atoms with Gasteiger partial charge in [0.15, 0.2) is 0 Å². The van der Waals surface area contributed by atoms with E-state index in [2.05, 4.69) is 38.2 Å². The van der Waals surface area contributed by atoms with Crippen LogP contribution in [0.1, 0.15) is 30.5 Å². The Kier molecular flexibility index (Phi) is 6.18. The van der Waals surface area contributed by atoms with E-state index in [4.69, 9.17) is 4.74 Å². The van der Waals surface area contributed by atoms with Crippen LogP contribution in [0.5, 0.6) is 0 Å². The lowest BCUT2D eigenvalue weighted by atomic mass is 9.95. The molecule has 0 aliphatic heterocycles. The highest BCUT2D eigenvalue weighted by atomic mass is 32.1. The summed E-state index contributed by atoms with van der Waals surface area (Å²) in [6.07, 6.45) is -2.38. The van der Waals surface area contributed by atoms with Crippen LogP contribution < -0.4 is 5.32 Å². The largest absolute Gasteiger partial charge is 0.374 e.